The first-order valence-electron chi connectivity index (χ1n) is 9.25. The summed E-state index contributed by atoms with van der Waals surface area (Å²) >= 11 is 12.1. The Hall–Kier alpha value is -2.89. The summed E-state index contributed by atoms with van der Waals surface area (Å²) in [6.07, 6.45) is 0. The van der Waals surface area contributed by atoms with Crippen LogP contribution in [0, 0.1) is 12.7 Å². The molecule has 3 aromatic rings. The van der Waals surface area contributed by atoms with E-state index in [1.54, 1.807) is 49.4 Å². The summed E-state index contributed by atoms with van der Waals surface area (Å²) in [4.78, 5) is 25.2. The predicted octanol–water partition coefficient (Wildman–Crippen LogP) is 6.17. The summed E-state index contributed by atoms with van der Waals surface area (Å²) in [6, 6.07) is 14.0. The van der Waals surface area contributed by atoms with Crippen LogP contribution in [0.4, 0.5) is 15.8 Å². The Morgan fingerprint density at radius 3 is 2.40 bits per heavy atom. The third-order valence-electron chi connectivity index (χ3n) is 4.51. The normalized spacial score (nSPS) is 10.6. The SMILES string of the molecule is CCNC(=O)c1ccc(C)c(C(=O)c2ccc(Nc3ccc(Cl)cc3F)cc2Cl)c1. The maximum absolute atomic E-state index is 14.0. The molecule has 0 aliphatic rings. The van der Waals surface area contributed by atoms with Crippen LogP contribution in [0.25, 0.3) is 0 Å². The van der Waals surface area contributed by atoms with E-state index in [1.807, 2.05) is 6.92 Å². The molecule has 154 valence electrons. The Morgan fingerprint density at radius 1 is 0.967 bits per heavy atom. The highest BCUT2D eigenvalue weighted by molar-refractivity contribution is 6.35. The van der Waals surface area contributed by atoms with E-state index in [-0.39, 0.29) is 28.0 Å². The summed E-state index contributed by atoms with van der Waals surface area (Å²) in [5.41, 5.74) is 2.57. The zero-order valence-corrected chi connectivity index (χ0v) is 17.9. The lowest BCUT2D eigenvalue weighted by atomic mass is 9.96. The Bertz CT molecular complexity index is 1130. The largest absolute Gasteiger partial charge is 0.353 e. The molecule has 0 heterocycles. The van der Waals surface area contributed by atoms with Crippen LogP contribution in [-0.4, -0.2) is 18.2 Å². The minimum atomic E-state index is -0.503. The maximum Gasteiger partial charge on any atom is 0.251 e. The maximum atomic E-state index is 14.0. The lowest BCUT2D eigenvalue weighted by Gasteiger charge is -2.12. The molecule has 3 rings (SSSR count). The van der Waals surface area contributed by atoms with Crippen molar-refractivity contribution < 1.29 is 14.0 Å². The fourth-order valence-corrected chi connectivity index (χ4v) is 3.36. The van der Waals surface area contributed by atoms with Crippen LogP contribution in [0.5, 0.6) is 0 Å². The molecule has 0 bridgehead atoms. The predicted molar refractivity (Wildman–Crippen MR) is 119 cm³/mol. The molecule has 3 aromatic carbocycles. The van der Waals surface area contributed by atoms with E-state index < -0.39 is 5.82 Å². The summed E-state index contributed by atoms with van der Waals surface area (Å²) in [7, 11) is 0. The van der Waals surface area contributed by atoms with Crippen molar-refractivity contribution in [2.24, 2.45) is 0 Å². The van der Waals surface area contributed by atoms with Crippen molar-refractivity contribution in [2.45, 2.75) is 13.8 Å². The third-order valence-corrected chi connectivity index (χ3v) is 5.05. The first-order chi connectivity index (χ1) is 14.3. The van der Waals surface area contributed by atoms with Gasteiger partial charge in [-0.3, -0.25) is 9.59 Å². The molecule has 0 radical (unpaired) electrons. The summed E-state index contributed by atoms with van der Waals surface area (Å²) in [6.45, 7) is 4.11. The molecule has 1 amide bonds. The molecule has 0 fully saturated rings. The molecule has 7 heteroatoms. The number of rotatable bonds is 6. The van der Waals surface area contributed by atoms with Gasteiger partial charge in [0.25, 0.3) is 5.91 Å². The van der Waals surface area contributed by atoms with E-state index in [9.17, 15) is 14.0 Å². The number of aryl methyl sites for hydroxylation is 1. The molecule has 0 atom stereocenters. The van der Waals surface area contributed by atoms with E-state index >= 15 is 0 Å². The smallest absolute Gasteiger partial charge is 0.251 e. The quantitative estimate of drug-likeness (QED) is 0.447. The number of hydrogen-bond donors (Lipinski definition) is 2. The molecule has 30 heavy (non-hydrogen) atoms. The van der Waals surface area contributed by atoms with Crippen molar-refractivity contribution in [3.63, 3.8) is 0 Å². The number of anilines is 2. The van der Waals surface area contributed by atoms with Gasteiger partial charge in [-0.05, 0) is 67.9 Å². The lowest BCUT2D eigenvalue weighted by molar-refractivity contribution is 0.0956. The van der Waals surface area contributed by atoms with Crippen molar-refractivity contribution in [1.82, 2.24) is 5.32 Å². The summed E-state index contributed by atoms with van der Waals surface area (Å²) in [5.74, 6) is -1.05. The van der Waals surface area contributed by atoms with Crippen molar-refractivity contribution >= 4 is 46.3 Å². The molecule has 0 aliphatic heterocycles. The Balaban J connectivity index is 1.88. The highest BCUT2D eigenvalue weighted by Crippen LogP contribution is 2.28. The number of ketones is 1. The van der Waals surface area contributed by atoms with Gasteiger partial charge in [0.1, 0.15) is 5.82 Å². The lowest BCUT2D eigenvalue weighted by Crippen LogP contribution is -2.23. The minimum Gasteiger partial charge on any atom is -0.353 e. The van der Waals surface area contributed by atoms with Crippen molar-refractivity contribution in [2.75, 3.05) is 11.9 Å². The van der Waals surface area contributed by atoms with Crippen LogP contribution in [0.1, 0.15) is 38.8 Å². The van der Waals surface area contributed by atoms with Gasteiger partial charge in [0.2, 0.25) is 0 Å². The molecule has 0 saturated carbocycles. The topological polar surface area (TPSA) is 58.2 Å². The second-order valence-corrected chi connectivity index (χ2v) is 7.51. The van der Waals surface area contributed by atoms with E-state index in [2.05, 4.69) is 10.6 Å². The molecule has 0 aliphatic carbocycles. The second-order valence-electron chi connectivity index (χ2n) is 6.66. The van der Waals surface area contributed by atoms with Gasteiger partial charge >= 0.3 is 0 Å². The van der Waals surface area contributed by atoms with Crippen LogP contribution in [0.3, 0.4) is 0 Å². The fraction of sp³-hybridized carbons (Fsp3) is 0.130. The van der Waals surface area contributed by atoms with Gasteiger partial charge in [0, 0.05) is 33.9 Å². The zero-order valence-electron chi connectivity index (χ0n) is 16.4. The van der Waals surface area contributed by atoms with Crippen LogP contribution < -0.4 is 10.6 Å². The van der Waals surface area contributed by atoms with E-state index in [0.717, 1.165) is 5.56 Å². The first-order valence-corrected chi connectivity index (χ1v) is 10.0. The molecule has 0 saturated heterocycles. The second kappa shape index (κ2) is 9.28. The highest BCUT2D eigenvalue weighted by Gasteiger charge is 2.18. The number of hydrogen-bond acceptors (Lipinski definition) is 3. The molecular formula is C23H19Cl2FN2O2. The number of benzene rings is 3. The number of carbonyl (C=O) groups excluding carboxylic acids is 2. The van der Waals surface area contributed by atoms with Gasteiger partial charge in [-0.2, -0.15) is 0 Å². The standard InChI is InChI=1S/C23H19Cl2FN2O2/c1-3-27-23(30)14-5-4-13(2)18(10-14)22(29)17-8-7-16(12-19(17)25)28-21-9-6-15(24)11-20(21)26/h4-12,28H,3H2,1-2H3,(H,27,30). The van der Waals surface area contributed by atoms with Gasteiger partial charge in [-0.1, -0.05) is 29.3 Å². The number of halogens is 3. The first kappa shape index (κ1) is 21.8. The average molecular weight is 445 g/mol. The van der Waals surface area contributed by atoms with Crippen LogP contribution >= 0.6 is 23.2 Å². The monoisotopic (exact) mass is 444 g/mol. The van der Waals surface area contributed by atoms with Crippen LogP contribution in [-0.2, 0) is 0 Å². The fourth-order valence-electron chi connectivity index (χ4n) is 2.94. The average Bonchev–Trinajstić information content (AvgIpc) is 2.70. The Kier molecular flexibility index (Phi) is 6.75. The third kappa shape index (κ3) is 4.81. The van der Waals surface area contributed by atoms with Gasteiger partial charge in [0.05, 0.1) is 10.7 Å². The van der Waals surface area contributed by atoms with Gasteiger partial charge < -0.3 is 10.6 Å². The number of amides is 1. The molecule has 0 unspecified atom stereocenters. The van der Waals surface area contributed by atoms with Crippen LogP contribution in [0.15, 0.2) is 54.6 Å². The van der Waals surface area contributed by atoms with Gasteiger partial charge in [-0.15, -0.1) is 0 Å². The Morgan fingerprint density at radius 2 is 1.73 bits per heavy atom. The Labute approximate surface area is 184 Å². The molecular weight excluding hydrogens is 426 g/mol. The molecule has 4 nitrogen and oxygen atoms in total. The summed E-state index contributed by atoms with van der Waals surface area (Å²) in [5, 5.41) is 6.13. The number of carbonyl (C=O) groups is 2. The van der Waals surface area contributed by atoms with Gasteiger partial charge in [0.15, 0.2) is 5.78 Å². The minimum absolute atomic E-state index is 0.210. The molecule has 0 spiro atoms. The van der Waals surface area contributed by atoms with Gasteiger partial charge in [-0.25, -0.2) is 4.39 Å². The molecule has 2 N–H and O–H groups in total. The zero-order chi connectivity index (χ0) is 21.8. The summed E-state index contributed by atoms with van der Waals surface area (Å²) < 4.78 is 14.0. The van der Waals surface area contributed by atoms with Crippen molar-refractivity contribution in [3.8, 4) is 0 Å². The van der Waals surface area contributed by atoms with E-state index in [1.165, 1.54) is 12.1 Å². The van der Waals surface area contributed by atoms with Crippen molar-refractivity contribution in [1.29, 1.82) is 0 Å². The van der Waals surface area contributed by atoms with Crippen molar-refractivity contribution in [3.05, 3.63) is 92.7 Å². The van der Waals surface area contributed by atoms with Crippen LogP contribution in [0.2, 0.25) is 10.0 Å². The van der Waals surface area contributed by atoms with E-state index in [0.29, 0.717) is 28.4 Å². The highest BCUT2D eigenvalue weighted by atomic mass is 35.5. The number of nitrogens with one attached hydrogen (secondary N) is 2. The van der Waals surface area contributed by atoms with E-state index in [4.69, 9.17) is 23.2 Å². The molecule has 0 aromatic heterocycles.